The summed E-state index contributed by atoms with van der Waals surface area (Å²) in [6.07, 6.45) is 1.45. The van der Waals surface area contributed by atoms with Crippen LogP contribution in [0.3, 0.4) is 0 Å². The lowest BCUT2D eigenvalue weighted by molar-refractivity contribution is -0.150. The van der Waals surface area contributed by atoms with Crippen molar-refractivity contribution in [1.29, 1.82) is 0 Å². The highest BCUT2D eigenvalue weighted by molar-refractivity contribution is 5.84. The first-order valence-electron chi connectivity index (χ1n) is 5.21. The van der Waals surface area contributed by atoms with E-state index >= 15 is 0 Å². The summed E-state index contributed by atoms with van der Waals surface area (Å²) < 4.78 is 4.82. The molecule has 0 saturated carbocycles. The summed E-state index contributed by atoms with van der Waals surface area (Å²) >= 11 is 0. The minimum Gasteiger partial charge on any atom is -0.479 e. The van der Waals surface area contributed by atoms with E-state index in [1.807, 2.05) is 0 Å². The maximum Gasteiger partial charge on any atom is 0.410 e. The number of carboxylic acid groups (broad SMARTS) is 1. The largest absolute Gasteiger partial charge is 0.479 e. The van der Waals surface area contributed by atoms with Gasteiger partial charge in [-0.2, -0.15) is 0 Å². The molecule has 0 spiro atoms. The molecule has 5 heteroatoms. The molecular formula is C11H19NO4. The van der Waals surface area contributed by atoms with E-state index in [0.717, 1.165) is 4.90 Å². The van der Waals surface area contributed by atoms with E-state index < -0.39 is 17.6 Å². The van der Waals surface area contributed by atoms with Gasteiger partial charge in [0.25, 0.3) is 0 Å². The average molecular weight is 229 g/mol. The average Bonchev–Trinajstić information content (AvgIpc) is 2.27. The van der Waals surface area contributed by atoms with Gasteiger partial charge >= 0.3 is 12.1 Å². The van der Waals surface area contributed by atoms with Crippen molar-refractivity contribution < 1.29 is 19.4 Å². The summed E-state index contributed by atoms with van der Waals surface area (Å²) in [6.45, 7) is 6.96. The molecule has 0 saturated heterocycles. The van der Waals surface area contributed by atoms with Crippen molar-refractivity contribution in [3.8, 4) is 0 Å². The number of rotatable bonds is 6. The molecule has 0 atom stereocenters. The summed E-state index contributed by atoms with van der Waals surface area (Å²) in [6, 6.07) is 0. The molecule has 0 bridgehead atoms. The Kier molecular flexibility index (Phi) is 5.56. The number of amides is 1. The Morgan fingerprint density at radius 3 is 2.25 bits per heavy atom. The summed E-state index contributed by atoms with van der Waals surface area (Å²) in [5.41, 5.74) is -1.20. The number of hydrogen-bond donors (Lipinski definition) is 1. The standard InChI is InChI=1S/C11H19NO4/c1-5-8-16-10(15)12(4)11(6-2,7-3)9(13)14/h5H,1,6-8H2,2-4H3,(H,13,14). The minimum atomic E-state index is -1.20. The van der Waals surface area contributed by atoms with Crippen molar-refractivity contribution in [2.75, 3.05) is 13.7 Å². The Labute approximate surface area is 95.7 Å². The zero-order valence-corrected chi connectivity index (χ0v) is 10.0. The SMILES string of the molecule is C=CCOC(=O)N(C)C(CC)(CC)C(=O)O. The number of carbonyl (C=O) groups excluding carboxylic acids is 1. The fourth-order valence-corrected chi connectivity index (χ4v) is 1.57. The predicted octanol–water partition coefficient (Wildman–Crippen LogP) is 1.88. The maximum atomic E-state index is 11.6. The van der Waals surface area contributed by atoms with Crippen LogP contribution in [0.5, 0.6) is 0 Å². The van der Waals surface area contributed by atoms with Crippen molar-refractivity contribution in [3.05, 3.63) is 12.7 Å². The van der Waals surface area contributed by atoms with Gasteiger partial charge in [0, 0.05) is 7.05 Å². The molecule has 0 aromatic rings. The molecule has 0 fully saturated rings. The molecular weight excluding hydrogens is 210 g/mol. The predicted molar refractivity (Wildman–Crippen MR) is 60.3 cm³/mol. The summed E-state index contributed by atoms with van der Waals surface area (Å²) in [4.78, 5) is 23.9. The number of carboxylic acids is 1. The molecule has 92 valence electrons. The molecule has 1 amide bonds. The van der Waals surface area contributed by atoms with Gasteiger partial charge in [-0.05, 0) is 12.8 Å². The van der Waals surface area contributed by atoms with Gasteiger partial charge in [-0.1, -0.05) is 26.5 Å². The number of ether oxygens (including phenoxy) is 1. The van der Waals surface area contributed by atoms with Crippen molar-refractivity contribution in [1.82, 2.24) is 4.90 Å². The lowest BCUT2D eigenvalue weighted by Crippen LogP contribution is -2.54. The zero-order chi connectivity index (χ0) is 12.8. The fourth-order valence-electron chi connectivity index (χ4n) is 1.57. The van der Waals surface area contributed by atoms with Gasteiger partial charge in [0.05, 0.1) is 0 Å². The van der Waals surface area contributed by atoms with Crippen LogP contribution >= 0.6 is 0 Å². The zero-order valence-electron chi connectivity index (χ0n) is 10.0. The maximum absolute atomic E-state index is 11.6. The van der Waals surface area contributed by atoms with Crippen LogP contribution in [-0.4, -0.2) is 41.3 Å². The molecule has 0 aromatic heterocycles. The fraction of sp³-hybridized carbons (Fsp3) is 0.636. The first-order chi connectivity index (χ1) is 7.46. The highest BCUT2D eigenvalue weighted by atomic mass is 16.6. The van der Waals surface area contributed by atoms with E-state index in [2.05, 4.69) is 6.58 Å². The normalized spacial score (nSPS) is 10.7. The van der Waals surface area contributed by atoms with E-state index in [1.165, 1.54) is 13.1 Å². The molecule has 0 aliphatic rings. The Morgan fingerprint density at radius 1 is 1.44 bits per heavy atom. The van der Waals surface area contributed by atoms with Crippen LogP contribution < -0.4 is 0 Å². The van der Waals surface area contributed by atoms with Gasteiger partial charge in [0.2, 0.25) is 0 Å². The van der Waals surface area contributed by atoms with Crippen molar-refractivity contribution in [2.45, 2.75) is 32.2 Å². The molecule has 0 aliphatic heterocycles. The van der Waals surface area contributed by atoms with Crippen LogP contribution in [0.4, 0.5) is 4.79 Å². The second kappa shape index (κ2) is 6.15. The summed E-state index contributed by atoms with van der Waals surface area (Å²) in [5, 5.41) is 9.20. The van der Waals surface area contributed by atoms with Crippen molar-refractivity contribution >= 4 is 12.1 Å². The number of hydrogen-bond acceptors (Lipinski definition) is 3. The van der Waals surface area contributed by atoms with Gasteiger partial charge < -0.3 is 9.84 Å². The Balaban J connectivity index is 4.86. The highest BCUT2D eigenvalue weighted by Gasteiger charge is 2.42. The number of aliphatic carboxylic acids is 1. The van der Waals surface area contributed by atoms with Crippen LogP contribution in [0.15, 0.2) is 12.7 Å². The molecule has 0 aliphatic carbocycles. The van der Waals surface area contributed by atoms with Crippen LogP contribution in [0.2, 0.25) is 0 Å². The van der Waals surface area contributed by atoms with Gasteiger partial charge in [-0.25, -0.2) is 9.59 Å². The highest BCUT2D eigenvalue weighted by Crippen LogP contribution is 2.23. The smallest absolute Gasteiger partial charge is 0.410 e. The van der Waals surface area contributed by atoms with Gasteiger partial charge in [0.15, 0.2) is 0 Å². The molecule has 0 heterocycles. The van der Waals surface area contributed by atoms with Gasteiger partial charge in [0.1, 0.15) is 12.1 Å². The van der Waals surface area contributed by atoms with E-state index in [1.54, 1.807) is 13.8 Å². The molecule has 0 radical (unpaired) electrons. The van der Waals surface area contributed by atoms with Crippen LogP contribution in [0, 0.1) is 0 Å². The van der Waals surface area contributed by atoms with Gasteiger partial charge in [-0.15, -0.1) is 0 Å². The number of carbonyl (C=O) groups is 2. The van der Waals surface area contributed by atoms with E-state index in [4.69, 9.17) is 4.74 Å². The van der Waals surface area contributed by atoms with E-state index in [9.17, 15) is 14.7 Å². The lowest BCUT2D eigenvalue weighted by Gasteiger charge is -2.35. The Hall–Kier alpha value is -1.52. The Morgan fingerprint density at radius 2 is 1.94 bits per heavy atom. The van der Waals surface area contributed by atoms with Crippen LogP contribution in [0.25, 0.3) is 0 Å². The third-order valence-electron chi connectivity index (χ3n) is 2.81. The molecule has 1 N–H and O–H groups in total. The van der Waals surface area contributed by atoms with E-state index in [-0.39, 0.29) is 6.61 Å². The van der Waals surface area contributed by atoms with Crippen LogP contribution in [-0.2, 0) is 9.53 Å². The lowest BCUT2D eigenvalue weighted by atomic mass is 9.91. The monoisotopic (exact) mass is 229 g/mol. The summed E-state index contributed by atoms with van der Waals surface area (Å²) in [5.74, 6) is -1.02. The molecule has 0 aromatic carbocycles. The molecule has 0 rings (SSSR count). The summed E-state index contributed by atoms with van der Waals surface area (Å²) in [7, 11) is 1.44. The first-order valence-corrected chi connectivity index (χ1v) is 5.21. The van der Waals surface area contributed by atoms with Crippen LogP contribution in [0.1, 0.15) is 26.7 Å². The number of likely N-dealkylation sites (N-methyl/N-ethyl adjacent to an activating group) is 1. The molecule has 16 heavy (non-hydrogen) atoms. The Bertz CT molecular complexity index is 271. The third-order valence-corrected chi connectivity index (χ3v) is 2.81. The first kappa shape index (κ1) is 14.5. The van der Waals surface area contributed by atoms with Crippen molar-refractivity contribution in [3.63, 3.8) is 0 Å². The van der Waals surface area contributed by atoms with Crippen molar-refractivity contribution in [2.24, 2.45) is 0 Å². The topological polar surface area (TPSA) is 66.8 Å². The number of nitrogens with zero attached hydrogens (tertiary/aromatic N) is 1. The van der Waals surface area contributed by atoms with E-state index in [0.29, 0.717) is 12.8 Å². The minimum absolute atomic E-state index is 0.0757. The quantitative estimate of drug-likeness (QED) is 0.706. The molecule has 0 unspecified atom stereocenters. The second-order valence-corrected chi connectivity index (χ2v) is 3.47. The second-order valence-electron chi connectivity index (χ2n) is 3.47. The third kappa shape index (κ3) is 2.74. The van der Waals surface area contributed by atoms with Gasteiger partial charge in [-0.3, -0.25) is 4.90 Å². The molecule has 5 nitrogen and oxygen atoms in total.